The first-order valence-electron chi connectivity index (χ1n) is 6.06. The molecule has 1 amide bonds. The summed E-state index contributed by atoms with van der Waals surface area (Å²) in [5, 5.41) is 0. The first kappa shape index (κ1) is 10.3. The molecule has 17 heavy (non-hydrogen) atoms. The number of carbonyl (C=O) groups excluding carboxylic acids is 1. The predicted molar refractivity (Wildman–Crippen MR) is 64.8 cm³/mol. The van der Waals surface area contributed by atoms with Gasteiger partial charge in [-0.15, -0.1) is 0 Å². The predicted octanol–water partition coefficient (Wildman–Crippen LogP) is 2.09. The van der Waals surface area contributed by atoms with Crippen LogP contribution in [-0.2, 0) is 6.54 Å². The smallest absolute Gasteiger partial charge is 0.272 e. The van der Waals surface area contributed by atoms with Crippen molar-refractivity contribution in [2.45, 2.75) is 26.3 Å². The highest BCUT2D eigenvalue weighted by Crippen LogP contribution is 2.20. The normalized spacial score (nSPS) is 14.6. The van der Waals surface area contributed by atoms with Gasteiger partial charge in [-0.1, -0.05) is 19.4 Å². The van der Waals surface area contributed by atoms with Crippen LogP contribution in [0.5, 0.6) is 0 Å². The maximum atomic E-state index is 12.2. The number of rotatable bonds is 3. The number of imidazole rings is 1. The second kappa shape index (κ2) is 3.87. The zero-order valence-electron chi connectivity index (χ0n) is 9.89. The monoisotopic (exact) mass is 229 g/mol. The number of unbranched alkanes of at least 4 members (excludes halogenated alkanes) is 1. The van der Waals surface area contributed by atoms with E-state index in [1.165, 1.54) is 0 Å². The quantitative estimate of drug-likeness (QED) is 0.808. The van der Waals surface area contributed by atoms with Gasteiger partial charge in [0.2, 0.25) is 0 Å². The lowest BCUT2D eigenvalue weighted by Gasteiger charge is -2.27. The molecule has 4 heteroatoms. The lowest BCUT2D eigenvalue weighted by Crippen LogP contribution is -2.36. The highest BCUT2D eigenvalue weighted by molar-refractivity contribution is 5.94. The number of pyridine rings is 1. The summed E-state index contributed by atoms with van der Waals surface area (Å²) in [7, 11) is 0. The van der Waals surface area contributed by atoms with Crippen LogP contribution < -0.4 is 0 Å². The Balaban J connectivity index is 2.04. The summed E-state index contributed by atoms with van der Waals surface area (Å²) < 4.78 is 1.96. The van der Waals surface area contributed by atoms with Crippen molar-refractivity contribution in [3.05, 3.63) is 35.8 Å². The van der Waals surface area contributed by atoms with Crippen LogP contribution >= 0.6 is 0 Å². The molecule has 0 aromatic carbocycles. The van der Waals surface area contributed by atoms with E-state index in [1.54, 1.807) is 6.20 Å². The van der Waals surface area contributed by atoms with Crippen molar-refractivity contribution in [2.24, 2.45) is 0 Å². The van der Waals surface area contributed by atoms with E-state index in [4.69, 9.17) is 0 Å². The number of hydrogen-bond donors (Lipinski definition) is 0. The molecule has 0 atom stereocenters. The fourth-order valence-electron chi connectivity index (χ4n) is 2.34. The lowest BCUT2D eigenvalue weighted by molar-refractivity contribution is 0.0712. The fourth-order valence-corrected chi connectivity index (χ4v) is 2.34. The number of carbonyl (C=O) groups is 1. The summed E-state index contributed by atoms with van der Waals surface area (Å²) in [4.78, 5) is 18.4. The Labute approximate surface area is 99.9 Å². The minimum Gasteiger partial charge on any atom is -0.331 e. The maximum absolute atomic E-state index is 12.2. The molecule has 0 spiro atoms. The molecule has 0 unspecified atom stereocenters. The molecule has 2 aromatic rings. The molecule has 0 N–H and O–H groups in total. The van der Waals surface area contributed by atoms with Gasteiger partial charge in [0.15, 0.2) is 0 Å². The molecule has 3 heterocycles. The zero-order chi connectivity index (χ0) is 11.8. The van der Waals surface area contributed by atoms with Gasteiger partial charge in [-0.05, 0) is 18.6 Å². The van der Waals surface area contributed by atoms with Gasteiger partial charge in [-0.2, -0.15) is 0 Å². The van der Waals surface area contributed by atoms with Gasteiger partial charge < -0.3 is 4.90 Å². The Morgan fingerprint density at radius 1 is 1.41 bits per heavy atom. The molecular formula is C13H15N3O. The van der Waals surface area contributed by atoms with Crippen molar-refractivity contribution in [3.8, 4) is 0 Å². The molecule has 0 saturated carbocycles. The summed E-state index contributed by atoms with van der Waals surface area (Å²) >= 11 is 0. The van der Waals surface area contributed by atoms with E-state index in [1.807, 2.05) is 21.4 Å². The summed E-state index contributed by atoms with van der Waals surface area (Å²) in [6, 6.07) is 5.99. The molecule has 1 aliphatic heterocycles. The highest BCUT2D eigenvalue weighted by Gasteiger charge is 2.25. The zero-order valence-corrected chi connectivity index (χ0v) is 9.89. The third-order valence-corrected chi connectivity index (χ3v) is 3.25. The molecular weight excluding hydrogens is 214 g/mol. The summed E-state index contributed by atoms with van der Waals surface area (Å²) in [6.45, 7) is 3.66. The molecule has 0 radical (unpaired) electrons. The molecule has 1 aliphatic rings. The summed E-state index contributed by atoms with van der Waals surface area (Å²) in [6.07, 6.45) is 3.84. The van der Waals surface area contributed by atoms with Crippen molar-refractivity contribution < 1.29 is 4.79 Å². The van der Waals surface area contributed by atoms with E-state index >= 15 is 0 Å². The topological polar surface area (TPSA) is 37.6 Å². The standard InChI is InChI=1S/C13H15N3O/c1-2-3-7-15-9-10-5-4-6-12-14-8-11(13(15)17)16(10)12/h4-6,8H,2-3,7,9H2,1H3. The largest absolute Gasteiger partial charge is 0.331 e. The Bertz CT molecular complexity index is 573. The second-order valence-electron chi connectivity index (χ2n) is 4.43. The van der Waals surface area contributed by atoms with Gasteiger partial charge in [0.25, 0.3) is 5.91 Å². The van der Waals surface area contributed by atoms with Gasteiger partial charge in [0.1, 0.15) is 11.3 Å². The summed E-state index contributed by atoms with van der Waals surface area (Å²) in [5.74, 6) is 0.102. The van der Waals surface area contributed by atoms with Crippen LogP contribution in [0.4, 0.5) is 0 Å². The van der Waals surface area contributed by atoms with Crippen LogP contribution in [-0.4, -0.2) is 26.7 Å². The van der Waals surface area contributed by atoms with E-state index in [9.17, 15) is 4.79 Å². The minimum absolute atomic E-state index is 0.102. The average Bonchev–Trinajstić information content (AvgIpc) is 2.78. The molecule has 3 rings (SSSR count). The van der Waals surface area contributed by atoms with Gasteiger partial charge in [0.05, 0.1) is 12.7 Å². The van der Waals surface area contributed by atoms with E-state index in [0.717, 1.165) is 30.7 Å². The van der Waals surface area contributed by atoms with Gasteiger partial charge in [-0.3, -0.25) is 9.20 Å². The first-order chi connectivity index (χ1) is 8.31. The van der Waals surface area contributed by atoms with Crippen LogP contribution in [0.1, 0.15) is 35.9 Å². The van der Waals surface area contributed by atoms with Gasteiger partial charge in [0, 0.05) is 12.2 Å². The van der Waals surface area contributed by atoms with Crippen LogP contribution in [0.2, 0.25) is 0 Å². The van der Waals surface area contributed by atoms with Crippen LogP contribution in [0.3, 0.4) is 0 Å². The van der Waals surface area contributed by atoms with Crippen molar-refractivity contribution in [1.29, 1.82) is 0 Å². The van der Waals surface area contributed by atoms with E-state index < -0.39 is 0 Å². The number of aromatic nitrogens is 2. The van der Waals surface area contributed by atoms with Crippen LogP contribution in [0, 0.1) is 0 Å². The highest BCUT2D eigenvalue weighted by atomic mass is 16.2. The lowest BCUT2D eigenvalue weighted by atomic mass is 10.2. The van der Waals surface area contributed by atoms with Gasteiger partial charge >= 0.3 is 0 Å². The fraction of sp³-hybridized carbons (Fsp3) is 0.385. The molecule has 0 bridgehead atoms. The molecule has 4 nitrogen and oxygen atoms in total. The second-order valence-corrected chi connectivity index (χ2v) is 4.43. The van der Waals surface area contributed by atoms with Crippen molar-refractivity contribution >= 4 is 11.6 Å². The van der Waals surface area contributed by atoms with Crippen molar-refractivity contribution in [2.75, 3.05) is 6.54 Å². The van der Waals surface area contributed by atoms with Crippen molar-refractivity contribution in [3.63, 3.8) is 0 Å². The molecule has 88 valence electrons. The first-order valence-corrected chi connectivity index (χ1v) is 6.06. The molecule has 0 fully saturated rings. The Morgan fingerprint density at radius 3 is 3.12 bits per heavy atom. The average molecular weight is 229 g/mol. The third-order valence-electron chi connectivity index (χ3n) is 3.25. The summed E-state index contributed by atoms with van der Waals surface area (Å²) in [5.41, 5.74) is 2.70. The minimum atomic E-state index is 0.102. The van der Waals surface area contributed by atoms with E-state index in [-0.39, 0.29) is 5.91 Å². The third kappa shape index (κ3) is 1.52. The number of amides is 1. The van der Waals surface area contributed by atoms with Gasteiger partial charge in [-0.25, -0.2) is 4.98 Å². The van der Waals surface area contributed by atoms with E-state index in [0.29, 0.717) is 12.2 Å². The molecule has 0 saturated heterocycles. The maximum Gasteiger partial charge on any atom is 0.272 e. The molecule has 0 aliphatic carbocycles. The van der Waals surface area contributed by atoms with Crippen LogP contribution in [0.25, 0.3) is 5.65 Å². The van der Waals surface area contributed by atoms with E-state index in [2.05, 4.69) is 18.0 Å². The Hall–Kier alpha value is -1.84. The molecule has 2 aromatic heterocycles. The Kier molecular flexibility index (Phi) is 2.35. The number of hydrogen-bond acceptors (Lipinski definition) is 2. The van der Waals surface area contributed by atoms with Crippen LogP contribution in [0.15, 0.2) is 24.4 Å². The Morgan fingerprint density at radius 2 is 2.29 bits per heavy atom. The van der Waals surface area contributed by atoms with Crippen molar-refractivity contribution in [1.82, 2.24) is 14.3 Å². The SMILES string of the molecule is CCCCN1Cc2cccc3ncc(n23)C1=O. The number of nitrogens with zero attached hydrogens (tertiary/aromatic N) is 3.